The van der Waals surface area contributed by atoms with E-state index in [4.69, 9.17) is 11.1 Å². The van der Waals surface area contributed by atoms with E-state index >= 15 is 0 Å². The molecular weight excluding hydrogens is 238 g/mol. The second kappa shape index (κ2) is 6.70. The van der Waals surface area contributed by atoms with Gasteiger partial charge in [-0.2, -0.15) is 0 Å². The number of aromatic amines is 1. The third kappa shape index (κ3) is 3.93. The predicted molar refractivity (Wildman–Crippen MR) is 78.1 cm³/mol. The van der Waals surface area contributed by atoms with Gasteiger partial charge in [-0.1, -0.05) is 12.1 Å². The summed E-state index contributed by atoms with van der Waals surface area (Å²) in [6, 6.07) is 8.00. The summed E-state index contributed by atoms with van der Waals surface area (Å²) in [6.45, 7) is 1.60. The fourth-order valence-corrected chi connectivity index (χ4v) is 1.90. The van der Waals surface area contributed by atoms with Gasteiger partial charge >= 0.3 is 0 Å². The van der Waals surface area contributed by atoms with Crippen molar-refractivity contribution < 1.29 is 0 Å². The Hall–Kier alpha value is -2.14. The van der Waals surface area contributed by atoms with Crippen molar-refractivity contribution in [3.63, 3.8) is 0 Å². The normalized spacial score (nSPS) is 11.9. The lowest BCUT2D eigenvalue weighted by molar-refractivity contribution is 0.632. The number of nitrogens with zero attached hydrogens (tertiary/aromatic N) is 1. The van der Waals surface area contributed by atoms with Crippen LogP contribution in [0.25, 0.3) is 11.0 Å². The summed E-state index contributed by atoms with van der Waals surface area (Å²) in [5.41, 5.74) is 8.51. The molecule has 1 aromatic carbocycles. The number of aromatic nitrogens is 2. The first-order valence-corrected chi connectivity index (χ1v) is 6.39. The van der Waals surface area contributed by atoms with Gasteiger partial charge in [-0.25, -0.2) is 4.98 Å². The SMILES string of the molecule is N=C/C=C(\N)CCCNCc1nc2ccccc2[nH]1. The van der Waals surface area contributed by atoms with Gasteiger partial charge in [0.25, 0.3) is 0 Å². The molecule has 2 rings (SSSR count). The highest BCUT2D eigenvalue weighted by molar-refractivity contribution is 5.74. The molecule has 0 saturated carbocycles. The Morgan fingerprint density at radius 3 is 3.05 bits per heavy atom. The Kier molecular flexibility index (Phi) is 4.69. The molecule has 0 unspecified atom stereocenters. The number of fused-ring (bicyclic) bond motifs is 1. The van der Waals surface area contributed by atoms with Crippen LogP contribution in [0.3, 0.4) is 0 Å². The molecule has 0 radical (unpaired) electrons. The fraction of sp³-hybridized carbons (Fsp3) is 0.286. The summed E-state index contributed by atoms with van der Waals surface area (Å²) >= 11 is 0. The van der Waals surface area contributed by atoms with Gasteiger partial charge in [0.15, 0.2) is 0 Å². The number of hydrogen-bond donors (Lipinski definition) is 4. The van der Waals surface area contributed by atoms with Crippen molar-refractivity contribution in [1.29, 1.82) is 5.41 Å². The number of allylic oxidation sites excluding steroid dienone is 2. The first-order chi connectivity index (χ1) is 9.29. The number of imidazole rings is 1. The Bertz CT molecular complexity index is 537. The van der Waals surface area contributed by atoms with Crippen LogP contribution < -0.4 is 11.1 Å². The molecule has 0 atom stereocenters. The van der Waals surface area contributed by atoms with Crippen molar-refractivity contribution in [3.05, 3.63) is 41.9 Å². The van der Waals surface area contributed by atoms with E-state index in [1.54, 1.807) is 6.08 Å². The quantitative estimate of drug-likeness (QED) is 0.451. The van der Waals surface area contributed by atoms with E-state index in [-0.39, 0.29) is 0 Å². The molecule has 0 bridgehead atoms. The first-order valence-electron chi connectivity index (χ1n) is 6.39. The van der Waals surface area contributed by atoms with E-state index in [2.05, 4.69) is 15.3 Å². The molecule has 0 aliphatic heterocycles. The molecule has 5 N–H and O–H groups in total. The highest BCUT2D eigenvalue weighted by Gasteiger charge is 2.00. The maximum atomic E-state index is 6.91. The molecule has 5 nitrogen and oxygen atoms in total. The first kappa shape index (κ1) is 13.3. The number of nitrogens with two attached hydrogens (primary N) is 1. The van der Waals surface area contributed by atoms with Crippen molar-refractivity contribution in [3.8, 4) is 0 Å². The molecule has 19 heavy (non-hydrogen) atoms. The van der Waals surface area contributed by atoms with Crippen LogP contribution in [0.4, 0.5) is 0 Å². The minimum Gasteiger partial charge on any atom is -0.402 e. The molecule has 1 heterocycles. The highest BCUT2D eigenvalue weighted by Crippen LogP contribution is 2.09. The molecule has 5 heteroatoms. The highest BCUT2D eigenvalue weighted by atomic mass is 15.0. The van der Waals surface area contributed by atoms with Crippen LogP contribution in [0.5, 0.6) is 0 Å². The maximum Gasteiger partial charge on any atom is 0.121 e. The lowest BCUT2D eigenvalue weighted by Crippen LogP contribution is -2.16. The average Bonchev–Trinajstić information content (AvgIpc) is 2.81. The average molecular weight is 257 g/mol. The number of para-hydroxylation sites is 2. The fourth-order valence-electron chi connectivity index (χ4n) is 1.90. The van der Waals surface area contributed by atoms with Crippen LogP contribution in [-0.4, -0.2) is 22.7 Å². The maximum absolute atomic E-state index is 6.91. The van der Waals surface area contributed by atoms with E-state index in [9.17, 15) is 0 Å². The smallest absolute Gasteiger partial charge is 0.121 e. The minimum absolute atomic E-state index is 0.725. The van der Waals surface area contributed by atoms with Gasteiger partial charge in [0.05, 0.1) is 17.6 Å². The number of hydrogen-bond acceptors (Lipinski definition) is 4. The van der Waals surface area contributed by atoms with Crippen LogP contribution in [0.1, 0.15) is 18.7 Å². The van der Waals surface area contributed by atoms with Gasteiger partial charge < -0.3 is 21.4 Å². The van der Waals surface area contributed by atoms with Crippen LogP contribution in [-0.2, 0) is 6.54 Å². The third-order valence-electron chi connectivity index (χ3n) is 2.85. The molecule has 2 aromatic rings. The molecule has 0 aliphatic rings. The van der Waals surface area contributed by atoms with Crippen LogP contribution in [0.2, 0.25) is 0 Å². The summed E-state index contributed by atoms with van der Waals surface area (Å²) in [4.78, 5) is 7.77. The zero-order chi connectivity index (χ0) is 13.5. The van der Waals surface area contributed by atoms with Gasteiger partial charge in [-0.15, -0.1) is 0 Å². The van der Waals surface area contributed by atoms with E-state index in [0.29, 0.717) is 0 Å². The summed E-state index contributed by atoms with van der Waals surface area (Å²) in [5, 5.41) is 10.2. The molecule has 0 fully saturated rings. The zero-order valence-electron chi connectivity index (χ0n) is 10.8. The monoisotopic (exact) mass is 257 g/mol. The zero-order valence-corrected chi connectivity index (χ0v) is 10.8. The molecule has 0 spiro atoms. The van der Waals surface area contributed by atoms with E-state index in [1.807, 2.05) is 24.3 Å². The van der Waals surface area contributed by atoms with Crippen molar-refractivity contribution in [2.45, 2.75) is 19.4 Å². The Morgan fingerprint density at radius 1 is 1.42 bits per heavy atom. The summed E-state index contributed by atoms with van der Waals surface area (Å²) < 4.78 is 0. The van der Waals surface area contributed by atoms with Crippen molar-refractivity contribution in [2.75, 3.05) is 6.54 Å². The second-order valence-electron chi connectivity index (χ2n) is 4.39. The summed E-state index contributed by atoms with van der Waals surface area (Å²) in [6.07, 6.45) is 4.61. The molecule has 0 aliphatic carbocycles. The topological polar surface area (TPSA) is 90.6 Å². The van der Waals surface area contributed by atoms with Gasteiger partial charge in [-0.3, -0.25) is 0 Å². The van der Waals surface area contributed by atoms with Gasteiger partial charge in [-0.05, 0) is 37.6 Å². The van der Waals surface area contributed by atoms with E-state index in [1.165, 1.54) is 6.21 Å². The molecule has 0 saturated heterocycles. The van der Waals surface area contributed by atoms with E-state index < -0.39 is 0 Å². The molecule has 100 valence electrons. The number of benzene rings is 1. The summed E-state index contributed by atoms with van der Waals surface area (Å²) in [7, 11) is 0. The lowest BCUT2D eigenvalue weighted by Gasteiger charge is -2.02. The minimum atomic E-state index is 0.725. The summed E-state index contributed by atoms with van der Waals surface area (Å²) in [5.74, 6) is 0.948. The predicted octanol–water partition coefficient (Wildman–Crippen LogP) is 1.92. The van der Waals surface area contributed by atoms with Gasteiger partial charge in [0.1, 0.15) is 5.82 Å². The molecule has 0 amide bonds. The number of H-pyrrole nitrogens is 1. The van der Waals surface area contributed by atoms with Crippen molar-refractivity contribution in [2.24, 2.45) is 5.73 Å². The Balaban J connectivity index is 1.74. The number of nitrogens with one attached hydrogen (secondary N) is 3. The van der Waals surface area contributed by atoms with Crippen molar-refractivity contribution >= 4 is 17.2 Å². The van der Waals surface area contributed by atoms with Crippen LogP contribution in [0, 0.1) is 5.41 Å². The van der Waals surface area contributed by atoms with Crippen molar-refractivity contribution in [1.82, 2.24) is 15.3 Å². The molecule has 1 aromatic heterocycles. The largest absolute Gasteiger partial charge is 0.402 e. The standard InChI is InChI=1S/C14H19N5/c15-8-7-11(16)4-3-9-17-10-14-18-12-5-1-2-6-13(12)19-14/h1-2,5-8,15,17H,3-4,9-10,16H2,(H,18,19)/b11-7-,15-8?. The lowest BCUT2D eigenvalue weighted by atomic mass is 10.2. The third-order valence-corrected chi connectivity index (χ3v) is 2.85. The van der Waals surface area contributed by atoms with Gasteiger partial charge in [0, 0.05) is 11.9 Å². The Labute approximate surface area is 112 Å². The van der Waals surface area contributed by atoms with Crippen LogP contribution >= 0.6 is 0 Å². The van der Waals surface area contributed by atoms with Crippen LogP contribution in [0.15, 0.2) is 36.0 Å². The van der Waals surface area contributed by atoms with E-state index in [0.717, 1.165) is 48.5 Å². The Morgan fingerprint density at radius 2 is 2.26 bits per heavy atom. The van der Waals surface area contributed by atoms with Gasteiger partial charge in [0.2, 0.25) is 0 Å². The molecular formula is C14H19N5. The second-order valence-corrected chi connectivity index (χ2v) is 4.39. The number of rotatable bonds is 7.